The molecule has 1 aliphatic rings. The maximum Gasteiger partial charge on any atom is 0.337 e. The first-order valence-corrected chi connectivity index (χ1v) is 9.11. The molecular weight excluding hydrogens is 376 g/mol. The van der Waals surface area contributed by atoms with Crippen LogP contribution in [0.1, 0.15) is 24.1 Å². The minimum Gasteiger partial charge on any atom is -0.504 e. The van der Waals surface area contributed by atoms with Gasteiger partial charge in [-0.15, -0.1) is 0 Å². The van der Waals surface area contributed by atoms with E-state index in [0.29, 0.717) is 22.1 Å². The Morgan fingerprint density at radius 2 is 1.82 bits per heavy atom. The molecule has 0 aromatic heterocycles. The number of carbonyl (C=O) groups is 1. The van der Waals surface area contributed by atoms with Crippen LogP contribution in [0.3, 0.4) is 0 Å². The molecule has 0 unspecified atom stereocenters. The van der Waals surface area contributed by atoms with Gasteiger partial charge in [-0.3, -0.25) is 4.90 Å². The van der Waals surface area contributed by atoms with Crippen molar-refractivity contribution >= 4 is 29.0 Å². The van der Waals surface area contributed by atoms with Crippen molar-refractivity contribution in [3.63, 3.8) is 0 Å². The highest BCUT2D eigenvalue weighted by molar-refractivity contribution is 7.80. The van der Waals surface area contributed by atoms with E-state index in [4.69, 9.17) is 21.7 Å². The second-order valence-electron chi connectivity index (χ2n) is 6.48. The standard InChI is InChI=1S/C21H22N2O4S/c1-12-5-8-15(9-6-12)23-13(2)18(20(25)27-4)19(22-21(23)28)14-7-10-16(24)17(11-14)26-3/h5-11,19,24H,1-4H3,(H,22,28)/t19-/m0/s1. The monoisotopic (exact) mass is 398 g/mol. The molecule has 1 atom stereocenters. The molecule has 0 radical (unpaired) electrons. The fourth-order valence-electron chi connectivity index (χ4n) is 3.25. The molecule has 0 saturated carbocycles. The fourth-order valence-corrected chi connectivity index (χ4v) is 3.61. The summed E-state index contributed by atoms with van der Waals surface area (Å²) in [6, 6.07) is 12.3. The van der Waals surface area contributed by atoms with Gasteiger partial charge in [0.25, 0.3) is 0 Å². The van der Waals surface area contributed by atoms with Gasteiger partial charge in [-0.1, -0.05) is 23.8 Å². The first kappa shape index (κ1) is 19.7. The van der Waals surface area contributed by atoms with Crippen molar-refractivity contribution < 1.29 is 19.4 Å². The average molecular weight is 398 g/mol. The molecule has 146 valence electrons. The van der Waals surface area contributed by atoms with E-state index < -0.39 is 12.0 Å². The molecule has 3 rings (SSSR count). The van der Waals surface area contributed by atoms with Gasteiger partial charge in [0.05, 0.1) is 25.8 Å². The molecule has 28 heavy (non-hydrogen) atoms. The molecule has 2 N–H and O–H groups in total. The number of nitrogens with one attached hydrogen (secondary N) is 1. The third-order valence-electron chi connectivity index (χ3n) is 4.72. The van der Waals surface area contributed by atoms with Gasteiger partial charge in [0.15, 0.2) is 16.6 Å². The number of aryl methyl sites for hydroxylation is 1. The number of methoxy groups -OCH3 is 2. The van der Waals surface area contributed by atoms with Crippen LogP contribution >= 0.6 is 12.2 Å². The number of esters is 1. The average Bonchev–Trinajstić information content (AvgIpc) is 2.69. The summed E-state index contributed by atoms with van der Waals surface area (Å²) in [6.07, 6.45) is 0. The molecular formula is C21H22N2O4S. The van der Waals surface area contributed by atoms with Crippen LogP contribution in [-0.2, 0) is 9.53 Å². The minimum absolute atomic E-state index is 0.0197. The number of benzene rings is 2. The predicted molar refractivity (Wildman–Crippen MR) is 112 cm³/mol. The second-order valence-corrected chi connectivity index (χ2v) is 6.86. The van der Waals surface area contributed by atoms with Crippen LogP contribution in [0.15, 0.2) is 53.7 Å². The quantitative estimate of drug-likeness (QED) is 0.602. The van der Waals surface area contributed by atoms with Gasteiger partial charge >= 0.3 is 5.97 Å². The van der Waals surface area contributed by atoms with Crippen molar-refractivity contribution in [3.05, 3.63) is 64.9 Å². The summed E-state index contributed by atoms with van der Waals surface area (Å²) in [5.41, 5.74) is 3.81. The van der Waals surface area contributed by atoms with Gasteiger partial charge in [-0.2, -0.15) is 0 Å². The summed E-state index contributed by atoms with van der Waals surface area (Å²) in [4.78, 5) is 14.5. The van der Waals surface area contributed by atoms with E-state index in [1.807, 2.05) is 43.0 Å². The highest BCUT2D eigenvalue weighted by Crippen LogP contribution is 2.37. The van der Waals surface area contributed by atoms with Crippen molar-refractivity contribution in [2.45, 2.75) is 19.9 Å². The Morgan fingerprint density at radius 3 is 2.43 bits per heavy atom. The second kappa shape index (κ2) is 7.90. The number of anilines is 1. The van der Waals surface area contributed by atoms with Crippen molar-refractivity contribution in [1.29, 1.82) is 0 Å². The lowest BCUT2D eigenvalue weighted by Crippen LogP contribution is -2.48. The molecule has 0 amide bonds. The molecule has 1 heterocycles. The number of ether oxygens (including phenoxy) is 2. The fraction of sp³-hybridized carbons (Fsp3) is 0.238. The smallest absolute Gasteiger partial charge is 0.337 e. The normalized spacial score (nSPS) is 16.6. The SMILES string of the molecule is COC(=O)C1=C(C)N(c2ccc(C)cc2)C(=S)N[C@H]1c1ccc(O)c(OC)c1. The Morgan fingerprint density at radius 1 is 1.14 bits per heavy atom. The van der Waals surface area contributed by atoms with Crippen LogP contribution < -0.4 is 15.0 Å². The zero-order valence-corrected chi connectivity index (χ0v) is 17.0. The van der Waals surface area contributed by atoms with Crippen LogP contribution in [0.2, 0.25) is 0 Å². The molecule has 1 aliphatic heterocycles. The third-order valence-corrected chi connectivity index (χ3v) is 5.02. The Kier molecular flexibility index (Phi) is 5.56. The largest absolute Gasteiger partial charge is 0.504 e. The molecule has 2 aromatic rings. The van der Waals surface area contributed by atoms with E-state index in [2.05, 4.69) is 5.32 Å². The summed E-state index contributed by atoms with van der Waals surface area (Å²) >= 11 is 5.61. The minimum atomic E-state index is -0.531. The molecule has 0 fully saturated rings. The molecule has 0 saturated heterocycles. The lowest BCUT2D eigenvalue weighted by Gasteiger charge is -2.37. The van der Waals surface area contributed by atoms with Crippen molar-refractivity contribution in [3.8, 4) is 11.5 Å². The molecule has 6 nitrogen and oxygen atoms in total. The zero-order chi connectivity index (χ0) is 20.4. The summed E-state index contributed by atoms with van der Waals surface area (Å²) in [7, 11) is 2.82. The van der Waals surface area contributed by atoms with Gasteiger partial charge in [-0.25, -0.2) is 4.79 Å². The predicted octanol–water partition coefficient (Wildman–Crippen LogP) is 3.59. The van der Waals surface area contributed by atoms with Crippen molar-refractivity contribution in [2.24, 2.45) is 0 Å². The molecule has 0 aliphatic carbocycles. The maximum absolute atomic E-state index is 12.6. The summed E-state index contributed by atoms with van der Waals surface area (Å²) in [6.45, 7) is 3.84. The number of hydrogen-bond acceptors (Lipinski definition) is 5. The summed E-state index contributed by atoms with van der Waals surface area (Å²) in [5.74, 6) is -0.124. The number of thiocarbonyl (C=S) groups is 1. The van der Waals surface area contributed by atoms with Crippen LogP contribution in [0.4, 0.5) is 5.69 Å². The van der Waals surface area contributed by atoms with Gasteiger partial charge in [0.1, 0.15) is 0 Å². The van der Waals surface area contributed by atoms with Crippen LogP contribution in [-0.4, -0.2) is 30.4 Å². The molecule has 0 spiro atoms. The first-order chi connectivity index (χ1) is 13.4. The number of phenolic OH excluding ortho intramolecular Hbond substituents is 1. The molecule has 0 bridgehead atoms. The van der Waals surface area contributed by atoms with Gasteiger partial charge < -0.3 is 19.9 Å². The Hall–Kier alpha value is -3.06. The number of aromatic hydroxyl groups is 1. The summed E-state index contributed by atoms with van der Waals surface area (Å²) < 4.78 is 10.2. The van der Waals surface area contributed by atoms with E-state index in [9.17, 15) is 9.90 Å². The molecule has 2 aromatic carbocycles. The number of phenols is 1. The number of allylic oxidation sites excluding steroid dienone is 1. The number of hydrogen-bond donors (Lipinski definition) is 2. The maximum atomic E-state index is 12.6. The van der Waals surface area contributed by atoms with Crippen LogP contribution in [0, 0.1) is 6.92 Å². The van der Waals surface area contributed by atoms with Crippen LogP contribution in [0.5, 0.6) is 11.5 Å². The van der Waals surface area contributed by atoms with Gasteiger partial charge in [0, 0.05) is 11.4 Å². The third kappa shape index (κ3) is 3.53. The Labute approximate surface area is 169 Å². The van der Waals surface area contributed by atoms with Crippen LogP contribution in [0.25, 0.3) is 0 Å². The van der Waals surface area contributed by atoms with E-state index >= 15 is 0 Å². The lowest BCUT2D eigenvalue weighted by atomic mass is 9.94. The highest BCUT2D eigenvalue weighted by atomic mass is 32.1. The Balaban J connectivity index is 2.13. The van der Waals surface area contributed by atoms with E-state index in [1.165, 1.54) is 20.3 Å². The lowest BCUT2D eigenvalue weighted by molar-refractivity contribution is -0.136. The number of carbonyl (C=O) groups excluding carboxylic acids is 1. The van der Waals surface area contributed by atoms with E-state index in [-0.39, 0.29) is 5.75 Å². The van der Waals surface area contributed by atoms with Crippen molar-refractivity contribution in [2.75, 3.05) is 19.1 Å². The van der Waals surface area contributed by atoms with E-state index in [1.54, 1.807) is 12.1 Å². The van der Waals surface area contributed by atoms with Crippen molar-refractivity contribution in [1.82, 2.24) is 5.32 Å². The number of nitrogens with zero attached hydrogens (tertiary/aromatic N) is 1. The highest BCUT2D eigenvalue weighted by Gasteiger charge is 2.35. The topological polar surface area (TPSA) is 71.0 Å². The molecule has 7 heteroatoms. The summed E-state index contributed by atoms with van der Waals surface area (Å²) in [5, 5.41) is 13.6. The van der Waals surface area contributed by atoms with E-state index in [0.717, 1.165) is 16.8 Å². The zero-order valence-electron chi connectivity index (χ0n) is 16.1. The Bertz CT molecular complexity index is 953. The van der Waals surface area contributed by atoms with Gasteiger partial charge in [-0.05, 0) is 55.9 Å². The number of rotatable bonds is 4. The first-order valence-electron chi connectivity index (χ1n) is 8.70. The van der Waals surface area contributed by atoms with Gasteiger partial charge in [0.2, 0.25) is 0 Å².